The third-order valence-electron chi connectivity index (χ3n) is 4.38. The first-order valence-corrected chi connectivity index (χ1v) is 9.01. The van der Waals surface area contributed by atoms with Crippen molar-refractivity contribution < 1.29 is 19.1 Å². The number of nitrogens with one attached hydrogen (secondary N) is 2. The van der Waals surface area contributed by atoms with Gasteiger partial charge in [0.15, 0.2) is 6.17 Å². The van der Waals surface area contributed by atoms with Crippen molar-refractivity contribution in [2.24, 2.45) is 0 Å². The second kappa shape index (κ2) is 12.1. The maximum Gasteiger partial charge on any atom is 0.338 e. The Morgan fingerprint density at radius 1 is 1.00 bits per heavy atom. The highest BCUT2D eigenvalue weighted by molar-refractivity contribution is 5.74. The van der Waals surface area contributed by atoms with Crippen molar-refractivity contribution >= 4 is 12.0 Å². The van der Waals surface area contributed by atoms with Gasteiger partial charge in [-0.25, -0.2) is 14.0 Å². The Morgan fingerprint density at radius 2 is 1.61 bits per heavy atom. The minimum atomic E-state index is -1.75. The summed E-state index contributed by atoms with van der Waals surface area (Å²) >= 11 is 0. The van der Waals surface area contributed by atoms with Gasteiger partial charge in [0, 0.05) is 12.6 Å². The molecule has 0 aliphatic heterocycles. The lowest BCUT2D eigenvalue weighted by molar-refractivity contribution is -0.143. The van der Waals surface area contributed by atoms with Gasteiger partial charge in [-0.1, -0.05) is 44.9 Å². The fourth-order valence-corrected chi connectivity index (χ4v) is 2.96. The highest BCUT2D eigenvalue weighted by atomic mass is 19.1. The monoisotopic (exact) mass is 330 g/mol. The zero-order valence-corrected chi connectivity index (χ0v) is 14.0. The van der Waals surface area contributed by atoms with Gasteiger partial charge in [-0.2, -0.15) is 0 Å². The smallest absolute Gasteiger partial charge is 0.338 e. The molecule has 0 radical (unpaired) electrons. The number of carboxylic acids is 1. The van der Waals surface area contributed by atoms with Crippen LogP contribution >= 0.6 is 0 Å². The van der Waals surface area contributed by atoms with Crippen LogP contribution in [0.25, 0.3) is 0 Å². The molecule has 0 aromatic rings. The topological polar surface area (TPSA) is 78.4 Å². The number of alkyl halides is 1. The van der Waals surface area contributed by atoms with Crippen molar-refractivity contribution in [2.75, 3.05) is 6.54 Å². The Kier molecular flexibility index (Phi) is 10.4. The van der Waals surface area contributed by atoms with Crippen LogP contribution in [0.5, 0.6) is 0 Å². The standard InChI is InChI=1S/C17H31FN2O3/c18-15(16(21)22)12-8-4-5-9-13-19-17(23)20-14-10-6-2-1-3-7-11-14/h14-15H,1-13H2,(H,21,22)(H2,19,20,23)/t15-/m0/s1. The van der Waals surface area contributed by atoms with Crippen molar-refractivity contribution in [3.8, 4) is 0 Å². The molecule has 0 aromatic heterocycles. The van der Waals surface area contributed by atoms with Gasteiger partial charge >= 0.3 is 12.0 Å². The molecule has 0 aromatic carbocycles. The lowest BCUT2D eigenvalue weighted by Gasteiger charge is -2.21. The average Bonchev–Trinajstić information content (AvgIpc) is 2.48. The summed E-state index contributed by atoms with van der Waals surface area (Å²) in [5.74, 6) is -1.38. The molecule has 1 rings (SSSR count). The van der Waals surface area contributed by atoms with E-state index in [1.165, 1.54) is 32.1 Å². The molecule has 0 heterocycles. The predicted octanol–water partition coefficient (Wildman–Crippen LogP) is 3.77. The maximum atomic E-state index is 12.8. The van der Waals surface area contributed by atoms with Gasteiger partial charge < -0.3 is 15.7 Å². The van der Waals surface area contributed by atoms with Gasteiger partial charge in [0.1, 0.15) is 0 Å². The molecular weight excluding hydrogens is 299 g/mol. The molecule has 3 N–H and O–H groups in total. The lowest BCUT2D eigenvalue weighted by Crippen LogP contribution is -2.42. The predicted molar refractivity (Wildman–Crippen MR) is 88.3 cm³/mol. The van der Waals surface area contributed by atoms with Crippen molar-refractivity contribution in [3.63, 3.8) is 0 Å². The summed E-state index contributed by atoms with van der Waals surface area (Å²) in [6.45, 7) is 0.608. The van der Waals surface area contributed by atoms with Gasteiger partial charge in [0.25, 0.3) is 0 Å². The normalized spacial score (nSPS) is 17.8. The fraction of sp³-hybridized carbons (Fsp3) is 0.882. The van der Waals surface area contributed by atoms with Crippen LogP contribution in [0, 0.1) is 0 Å². The van der Waals surface area contributed by atoms with Crippen LogP contribution in [-0.2, 0) is 4.79 Å². The number of aliphatic carboxylic acids is 1. The van der Waals surface area contributed by atoms with Crippen molar-refractivity contribution in [2.45, 2.75) is 89.3 Å². The molecule has 0 spiro atoms. The molecule has 6 heteroatoms. The second-order valence-corrected chi connectivity index (χ2v) is 6.45. The summed E-state index contributed by atoms with van der Waals surface area (Å²) in [6, 6.07) is 0.207. The molecule has 0 bridgehead atoms. The number of hydrogen-bond donors (Lipinski definition) is 3. The number of carbonyl (C=O) groups excluding carboxylic acids is 1. The largest absolute Gasteiger partial charge is 0.479 e. The highest BCUT2D eigenvalue weighted by Gasteiger charge is 2.15. The maximum absolute atomic E-state index is 12.8. The van der Waals surface area contributed by atoms with E-state index in [0.717, 1.165) is 32.1 Å². The van der Waals surface area contributed by atoms with E-state index >= 15 is 0 Å². The van der Waals surface area contributed by atoms with Crippen LogP contribution in [0.1, 0.15) is 77.0 Å². The van der Waals surface area contributed by atoms with Crippen LogP contribution in [-0.4, -0.2) is 35.9 Å². The van der Waals surface area contributed by atoms with E-state index in [1.54, 1.807) is 0 Å². The Bertz CT molecular complexity index is 345. The molecule has 1 aliphatic rings. The van der Waals surface area contributed by atoms with Crippen molar-refractivity contribution in [1.29, 1.82) is 0 Å². The molecule has 0 saturated heterocycles. The quantitative estimate of drug-likeness (QED) is 0.563. The Morgan fingerprint density at radius 3 is 2.26 bits per heavy atom. The van der Waals surface area contributed by atoms with Crippen LogP contribution in [0.3, 0.4) is 0 Å². The van der Waals surface area contributed by atoms with E-state index in [-0.39, 0.29) is 12.5 Å². The van der Waals surface area contributed by atoms with Crippen LogP contribution in [0.15, 0.2) is 0 Å². The Labute approximate surface area is 138 Å². The van der Waals surface area contributed by atoms with Crippen LogP contribution in [0.4, 0.5) is 9.18 Å². The first kappa shape index (κ1) is 19.7. The van der Waals surface area contributed by atoms with Gasteiger partial charge in [0.05, 0.1) is 0 Å². The molecule has 1 atom stereocenters. The third-order valence-corrected chi connectivity index (χ3v) is 4.38. The minimum Gasteiger partial charge on any atom is -0.479 e. The number of unbranched alkanes of at least 4 members (excludes halogenated alkanes) is 3. The molecular formula is C17H31FN2O3. The number of amides is 2. The zero-order valence-electron chi connectivity index (χ0n) is 14.0. The van der Waals surface area contributed by atoms with E-state index in [2.05, 4.69) is 10.6 Å². The minimum absolute atomic E-state index is 0.0743. The van der Waals surface area contributed by atoms with E-state index in [1.807, 2.05) is 0 Å². The van der Waals surface area contributed by atoms with Gasteiger partial charge in [-0.3, -0.25) is 0 Å². The highest BCUT2D eigenvalue weighted by Crippen LogP contribution is 2.16. The Hall–Kier alpha value is -1.33. The average molecular weight is 330 g/mol. The van der Waals surface area contributed by atoms with Gasteiger partial charge in [0.2, 0.25) is 0 Å². The van der Waals surface area contributed by atoms with E-state index < -0.39 is 12.1 Å². The van der Waals surface area contributed by atoms with Crippen molar-refractivity contribution in [3.05, 3.63) is 0 Å². The number of urea groups is 1. The number of carboxylic acid groups (broad SMARTS) is 1. The van der Waals surface area contributed by atoms with Crippen LogP contribution in [0.2, 0.25) is 0 Å². The first-order chi connectivity index (χ1) is 11.1. The molecule has 5 nitrogen and oxygen atoms in total. The second-order valence-electron chi connectivity index (χ2n) is 6.45. The molecule has 1 fully saturated rings. The van der Waals surface area contributed by atoms with E-state index in [9.17, 15) is 14.0 Å². The van der Waals surface area contributed by atoms with Gasteiger partial charge in [-0.05, 0) is 32.1 Å². The number of hydrogen-bond acceptors (Lipinski definition) is 2. The molecule has 2 amide bonds. The third kappa shape index (κ3) is 10.1. The van der Waals surface area contributed by atoms with Gasteiger partial charge in [-0.15, -0.1) is 0 Å². The fourth-order valence-electron chi connectivity index (χ4n) is 2.96. The summed E-state index contributed by atoms with van der Waals surface area (Å²) < 4.78 is 12.8. The summed E-state index contributed by atoms with van der Waals surface area (Å²) in [5, 5.41) is 14.3. The zero-order chi connectivity index (χ0) is 16.9. The SMILES string of the molecule is O=C(NCCCCCC[C@H](F)C(=O)O)NC1CCCCCCC1. The molecule has 1 aliphatic carbocycles. The number of carbonyl (C=O) groups is 2. The first-order valence-electron chi connectivity index (χ1n) is 9.01. The summed E-state index contributed by atoms with van der Waals surface area (Å²) in [4.78, 5) is 22.1. The van der Waals surface area contributed by atoms with E-state index in [0.29, 0.717) is 19.0 Å². The molecule has 134 valence electrons. The van der Waals surface area contributed by atoms with E-state index in [4.69, 9.17) is 5.11 Å². The molecule has 23 heavy (non-hydrogen) atoms. The Balaban J connectivity index is 1.98. The molecule has 1 saturated carbocycles. The summed E-state index contributed by atoms with van der Waals surface area (Å²) in [5.41, 5.74) is 0. The summed E-state index contributed by atoms with van der Waals surface area (Å²) in [7, 11) is 0. The summed E-state index contributed by atoms with van der Waals surface area (Å²) in [6.07, 6.45) is 9.76. The molecule has 0 unspecified atom stereocenters. The lowest BCUT2D eigenvalue weighted by atomic mass is 9.97. The number of rotatable bonds is 9. The number of halogens is 1. The van der Waals surface area contributed by atoms with Crippen molar-refractivity contribution in [1.82, 2.24) is 10.6 Å². The van der Waals surface area contributed by atoms with Crippen LogP contribution < -0.4 is 10.6 Å².